The number of H-pyrrole nitrogens is 1. The summed E-state index contributed by atoms with van der Waals surface area (Å²) < 4.78 is 0. The van der Waals surface area contributed by atoms with Gasteiger partial charge in [-0.2, -0.15) is 0 Å². The average Bonchev–Trinajstić information content (AvgIpc) is 1.72. The smallest absolute Gasteiger partial charge is 0.245 e. The van der Waals surface area contributed by atoms with Crippen molar-refractivity contribution < 1.29 is 63.0 Å². The third-order valence-corrected chi connectivity index (χ3v) is 15.2. The van der Waals surface area contributed by atoms with Gasteiger partial charge in [-0.3, -0.25) is 63.6 Å². The van der Waals surface area contributed by atoms with Gasteiger partial charge in [0.2, 0.25) is 65.0 Å². The predicted molar refractivity (Wildman–Crippen MR) is 358 cm³/mol. The number of carbonyl (C=O) groups is 11. The SMILES string of the molecule is CC(C)C[C@H](NC(=O)CNC(=O)[C@H](Cc1ccccc1)NC(=O)[C@H](CO)NC(=O)[C@H](CCCNC(=N)N)NC(=O)[C@H](Cc1c[nH]c2ccccc12)NC(=O)[C@H](CC(N)=O)NC(=O)[C@@H](N)Cc1ccc(O)cc1)C(=O)N[C@@H](CCCNC(=N)N)C(=O)N[C@@H](Cc1ccccc1)C(N)=O. The van der Waals surface area contributed by atoms with Crippen molar-refractivity contribution in [3.05, 3.63) is 138 Å². The van der Waals surface area contributed by atoms with Crippen LogP contribution in [0.3, 0.4) is 0 Å². The Balaban J connectivity index is 1.33. The quantitative estimate of drug-likeness (QED) is 0.0102. The summed E-state index contributed by atoms with van der Waals surface area (Å²) in [6, 6.07) is 16.9. The van der Waals surface area contributed by atoms with Gasteiger partial charge in [-0.05, 0) is 84.9 Å². The monoisotopic (exact) mass is 1340 g/mol. The molecule has 0 saturated heterocycles. The summed E-state index contributed by atoms with van der Waals surface area (Å²) in [4.78, 5) is 155. The second-order valence-electron chi connectivity index (χ2n) is 23.5. The van der Waals surface area contributed by atoms with Crippen LogP contribution in [-0.2, 0) is 78.4 Å². The normalized spacial score (nSPS) is 13.8. The number of aromatic nitrogens is 1. The molecule has 1 aromatic heterocycles. The van der Waals surface area contributed by atoms with E-state index in [1.165, 1.54) is 24.3 Å². The minimum Gasteiger partial charge on any atom is -0.508 e. The molecule has 0 aliphatic carbocycles. The van der Waals surface area contributed by atoms with Gasteiger partial charge >= 0.3 is 0 Å². The lowest BCUT2D eigenvalue weighted by Crippen LogP contribution is -2.61. The average molecular weight is 1340 g/mol. The summed E-state index contributed by atoms with van der Waals surface area (Å²) in [7, 11) is 0. The van der Waals surface area contributed by atoms with Crippen molar-refractivity contribution >= 4 is 87.8 Å². The minimum atomic E-state index is -1.81. The van der Waals surface area contributed by atoms with Crippen molar-refractivity contribution in [2.75, 3.05) is 26.2 Å². The molecule has 0 fully saturated rings. The molecule has 9 atom stereocenters. The second kappa shape index (κ2) is 38.9. The summed E-state index contributed by atoms with van der Waals surface area (Å²) in [6.45, 7) is 1.90. The minimum absolute atomic E-state index is 0.00884. The molecule has 97 heavy (non-hydrogen) atoms. The highest BCUT2D eigenvalue weighted by Crippen LogP contribution is 2.20. The number of aliphatic hydroxyl groups excluding tert-OH is 1. The van der Waals surface area contributed by atoms with Crippen LogP contribution in [0.15, 0.2) is 115 Å². The number of nitrogens with two attached hydrogens (primary N) is 5. The molecule has 32 nitrogen and oxygen atoms in total. The summed E-state index contributed by atoms with van der Waals surface area (Å²) in [5.74, 6) is -11.2. The van der Waals surface area contributed by atoms with Crippen molar-refractivity contribution in [3.63, 3.8) is 0 Å². The van der Waals surface area contributed by atoms with Gasteiger partial charge < -0.3 is 102 Å². The number of guanidine groups is 2. The molecule has 0 saturated carbocycles. The fourth-order valence-electron chi connectivity index (χ4n) is 10.2. The Morgan fingerprint density at radius 2 is 0.918 bits per heavy atom. The first kappa shape index (κ1) is 76.6. The number of para-hydroxylation sites is 1. The maximum Gasteiger partial charge on any atom is 0.245 e. The van der Waals surface area contributed by atoms with E-state index in [1.807, 2.05) is 0 Å². The molecule has 5 aromatic rings. The van der Waals surface area contributed by atoms with E-state index in [0.717, 1.165) is 0 Å². The van der Waals surface area contributed by atoms with Crippen molar-refractivity contribution in [3.8, 4) is 5.75 Å². The molecule has 5 rings (SSSR count). The zero-order valence-electron chi connectivity index (χ0n) is 53.9. The zero-order chi connectivity index (χ0) is 71.1. The Morgan fingerprint density at radius 1 is 0.474 bits per heavy atom. The van der Waals surface area contributed by atoms with Crippen LogP contribution in [0.1, 0.15) is 74.6 Å². The van der Waals surface area contributed by atoms with Crippen LogP contribution in [0.25, 0.3) is 10.9 Å². The number of hydrogen-bond donors (Lipinski definition) is 21. The van der Waals surface area contributed by atoms with Crippen LogP contribution < -0.4 is 87.2 Å². The molecule has 0 radical (unpaired) electrons. The number of rotatable bonds is 40. The summed E-state index contributed by atoms with van der Waals surface area (Å²) >= 11 is 0. The number of carbonyl (C=O) groups excluding carboxylic acids is 11. The number of phenols is 1. The topological polar surface area (TPSA) is 554 Å². The van der Waals surface area contributed by atoms with Gasteiger partial charge in [-0.25, -0.2) is 0 Å². The van der Waals surface area contributed by atoms with E-state index < -0.39 is 145 Å². The predicted octanol–water partition coefficient (Wildman–Crippen LogP) is -3.61. The van der Waals surface area contributed by atoms with Gasteiger partial charge in [0.15, 0.2) is 11.9 Å². The standard InChI is InChI=1S/C65H89N19O13/c1-36(2)27-48(60(94)78-45(19-11-25-73-64(69)70)58(92)80-47(55(68)89)29-37-13-5-3-6-14-37)77-54(88)34-76-57(91)49(30-38-15-7-4-8-16-38)82-63(97)52(35-85)84-59(93)46(20-12-26-74-65(71)72)79-61(95)50(31-40-33-75-44-18-10-9-17-42(40)44)83-62(96)51(32-53(67)87)81-56(90)43(66)28-39-21-23-41(86)24-22-39/h3-10,13-18,21-24,33,36,43,45-52,75,85-86H,11-12,19-20,25-32,34-35,66H2,1-2H3,(H2,67,87)(H2,68,89)(H,76,91)(H,77,88)(H,78,94)(H,79,95)(H,80,92)(H,81,90)(H,82,97)(H,83,96)(H,84,93)(H4,69,70,73)(H4,71,72,74)/t43-,45-,46-,47-,48-,49-,50-,51-,52-/m0/s1. The van der Waals surface area contributed by atoms with Gasteiger partial charge in [-0.15, -0.1) is 0 Å². The number of hydrogen-bond acceptors (Lipinski definition) is 16. The molecular formula is C65H89N19O13. The highest BCUT2D eigenvalue weighted by atomic mass is 16.3. The lowest BCUT2D eigenvalue weighted by molar-refractivity contribution is -0.136. The molecule has 32 heteroatoms. The molecule has 26 N–H and O–H groups in total. The number of primary amides is 2. The molecule has 4 aromatic carbocycles. The maximum atomic E-state index is 14.7. The molecule has 0 aliphatic heterocycles. The van der Waals surface area contributed by atoms with Crippen molar-refractivity contribution in [1.29, 1.82) is 10.8 Å². The maximum absolute atomic E-state index is 14.7. The van der Waals surface area contributed by atoms with Crippen LogP contribution in [0.2, 0.25) is 0 Å². The molecule has 0 bridgehead atoms. The molecule has 522 valence electrons. The fourth-order valence-corrected chi connectivity index (χ4v) is 10.2. The van der Waals surface area contributed by atoms with Crippen LogP contribution in [0.5, 0.6) is 5.75 Å². The van der Waals surface area contributed by atoms with E-state index in [-0.39, 0.29) is 88.5 Å². The molecule has 1 heterocycles. The van der Waals surface area contributed by atoms with Crippen molar-refractivity contribution in [1.82, 2.24) is 63.5 Å². The van der Waals surface area contributed by atoms with Crippen LogP contribution >= 0.6 is 0 Å². The summed E-state index contributed by atoms with van der Waals surface area (Å²) in [6.07, 6.45) is 0.509. The number of nitrogens with one attached hydrogen (secondary N) is 14. The Kier molecular flexibility index (Phi) is 30.7. The largest absolute Gasteiger partial charge is 0.508 e. The highest BCUT2D eigenvalue weighted by molar-refractivity contribution is 5.99. The lowest BCUT2D eigenvalue weighted by Gasteiger charge is -2.27. The third kappa shape index (κ3) is 26.6. The van der Waals surface area contributed by atoms with Gasteiger partial charge in [0, 0.05) is 49.5 Å². The van der Waals surface area contributed by atoms with E-state index in [2.05, 4.69) is 63.5 Å². The Bertz CT molecular complexity index is 3520. The van der Waals surface area contributed by atoms with Crippen LogP contribution in [-0.4, -0.2) is 173 Å². The number of aromatic hydroxyl groups is 1. The first-order chi connectivity index (χ1) is 46.2. The fraction of sp³-hybridized carbons (Fsp3) is 0.400. The number of fused-ring (bicyclic) bond motifs is 1. The summed E-state index contributed by atoms with van der Waals surface area (Å²) in [5, 5.41) is 64.3. The number of aliphatic hydroxyl groups is 1. The van der Waals surface area contributed by atoms with Gasteiger partial charge in [0.25, 0.3) is 0 Å². The highest BCUT2D eigenvalue weighted by Gasteiger charge is 2.35. The molecule has 0 spiro atoms. The van der Waals surface area contributed by atoms with E-state index in [4.69, 9.17) is 39.5 Å². The van der Waals surface area contributed by atoms with Gasteiger partial charge in [0.05, 0.1) is 25.6 Å². The lowest BCUT2D eigenvalue weighted by atomic mass is 10.0. The second-order valence-corrected chi connectivity index (χ2v) is 23.5. The first-order valence-corrected chi connectivity index (χ1v) is 31.4. The summed E-state index contributed by atoms with van der Waals surface area (Å²) in [5.41, 5.74) is 31.3. The van der Waals surface area contributed by atoms with E-state index >= 15 is 0 Å². The van der Waals surface area contributed by atoms with Crippen molar-refractivity contribution in [2.24, 2.45) is 34.6 Å². The number of benzene rings is 4. The van der Waals surface area contributed by atoms with Crippen LogP contribution in [0, 0.1) is 16.7 Å². The van der Waals surface area contributed by atoms with Gasteiger partial charge in [-0.1, -0.05) is 105 Å². The molecule has 11 amide bonds. The Hall–Kier alpha value is -11.2. The van der Waals surface area contributed by atoms with Crippen LogP contribution in [0.4, 0.5) is 0 Å². The Morgan fingerprint density at radius 3 is 1.44 bits per heavy atom. The van der Waals surface area contributed by atoms with Crippen molar-refractivity contribution in [2.45, 2.75) is 132 Å². The number of amides is 11. The number of phenolic OH excluding ortho intramolecular Hbond substituents is 1. The van der Waals surface area contributed by atoms with E-state index in [1.54, 1.807) is 105 Å². The molecule has 0 unspecified atom stereocenters. The molecule has 0 aliphatic rings. The number of aromatic amines is 1. The third-order valence-electron chi connectivity index (χ3n) is 15.2. The van der Waals surface area contributed by atoms with E-state index in [9.17, 15) is 63.0 Å². The Labute approximate surface area is 559 Å². The first-order valence-electron chi connectivity index (χ1n) is 31.4. The van der Waals surface area contributed by atoms with Gasteiger partial charge in [0.1, 0.15) is 54.1 Å². The van der Waals surface area contributed by atoms with E-state index in [0.29, 0.717) is 33.2 Å². The zero-order valence-corrected chi connectivity index (χ0v) is 53.9. The molecular weight excluding hydrogens is 1250 g/mol.